The maximum atomic E-state index is 12.8. The molecule has 2 aromatic carbocycles. The number of aryl methyl sites for hydroxylation is 2. The van der Waals surface area contributed by atoms with Crippen LogP contribution in [0.4, 0.5) is 0 Å². The third kappa shape index (κ3) is 2.31. The molecule has 116 valence electrons. The molecule has 1 amide bonds. The first kappa shape index (κ1) is 14.0. The van der Waals surface area contributed by atoms with E-state index in [2.05, 4.69) is 23.2 Å². The summed E-state index contributed by atoms with van der Waals surface area (Å²) >= 11 is 0. The zero-order valence-electron chi connectivity index (χ0n) is 13.4. The average Bonchev–Trinajstić information content (AvgIpc) is 2.87. The van der Waals surface area contributed by atoms with Crippen LogP contribution in [-0.2, 0) is 20.0 Å². The van der Waals surface area contributed by atoms with Gasteiger partial charge in [-0.05, 0) is 42.7 Å². The summed E-state index contributed by atoms with van der Waals surface area (Å²) in [6, 6.07) is 14.2. The first-order chi connectivity index (χ1) is 11.1. The Morgan fingerprint density at radius 3 is 2.74 bits per heavy atom. The summed E-state index contributed by atoms with van der Waals surface area (Å²) < 4.78 is 2.04. The number of carbonyl (C=O) groups excluding carboxylic acids is 1. The third-order valence-electron chi connectivity index (χ3n) is 4.77. The molecule has 0 radical (unpaired) electrons. The van der Waals surface area contributed by atoms with E-state index in [1.807, 2.05) is 47.7 Å². The van der Waals surface area contributed by atoms with E-state index in [1.54, 1.807) is 0 Å². The molecule has 4 rings (SSSR count). The zero-order valence-corrected chi connectivity index (χ0v) is 13.4. The number of amides is 1. The molecule has 0 unspecified atom stereocenters. The minimum absolute atomic E-state index is 0.0877. The molecule has 1 aliphatic heterocycles. The maximum absolute atomic E-state index is 12.8. The number of benzene rings is 2. The summed E-state index contributed by atoms with van der Waals surface area (Å²) in [5, 5.41) is 0. The van der Waals surface area contributed by atoms with Crippen LogP contribution in [0.3, 0.4) is 0 Å². The highest BCUT2D eigenvalue weighted by Gasteiger charge is 2.22. The summed E-state index contributed by atoms with van der Waals surface area (Å²) in [6.45, 7) is 3.44. The van der Waals surface area contributed by atoms with Gasteiger partial charge in [0.1, 0.15) is 5.82 Å². The number of hydrogen-bond acceptors (Lipinski definition) is 2. The molecule has 0 fully saturated rings. The van der Waals surface area contributed by atoms with Crippen LogP contribution in [0.5, 0.6) is 0 Å². The van der Waals surface area contributed by atoms with E-state index in [1.165, 1.54) is 11.1 Å². The summed E-state index contributed by atoms with van der Waals surface area (Å²) in [4.78, 5) is 19.3. The van der Waals surface area contributed by atoms with Crippen molar-refractivity contribution in [2.45, 2.75) is 19.9 Å². The topological polar surface area (TPSA) is 38.1 Å². The van der Waals surface area contributed by atoms with E-state index in [9.17, 15) is 4.79 Å². The predicted molar refractivity (Wildman–Crippen MR) is 90.3 cm³/mol. The van der Waals surface area contributed by atoms with Gasteiger partial charge in [0.15, 0.2) is 0 Å². The number of nitrogens with zero attached hydrogens (tertiary/aromatic N) is 3. The van der Waals surface area contributed by atoms with Gasteiger partial charge in [-0.1, -0.05) is 24.3 Å². The Bertz CT molecular complexity index is 910. The lowest BCUT2D eigenvalue weighted by Gasteiger charge is -2.29. The highest BCUT2D eigenvalue weighted by molar-refractivity contribution is 5.97. The molecular formula is C19H19N3O. The minimum Gasteiger partial charge on any atom is -0.334 e. The molecule has 0 saturated heterocycles. The van der Waals surface area contributed by atoms with E-state index in [4.69, 9.17) is 0 Å². The molecular weight excluding hydrogens is 286 g/mol. The van der Waals surface area contributed by atoms with Gasteiger partial charge in [0.05, 0.1) is 11.0 Å². The Morgan fingerprint density at radius 2 is 1.91 bits per heavy atom. The van der Waals surface area contributed by atoms with Crippen LogP contribution in [0.2, 0.25) is 0 Å². The van der Waals surface area contributed by atoms with Gasteiger partial charge in [-0.25, -0.2) is 4.98 Å². The Kier molecular flexibility index (Phi) is 3.18. The molecule has 0 atom stereocenters. The number of aromatic nitrogens is 2. The molecule has 3 aromatic rings. The normalized spacial score (nSPS) is 14.1. The fraction of sp³-hybridized carbons (Fsp3) is 0.263. The van der Waals surface area contributed by atoms with Crippen molar-refractivity contribution in [3.05, 3.63) is 65.0 Å². The summed E-state index contributed by atoms with van der Waals surface area (Å²) in [6.07, 6.45) is 0.923. The molecule has 1 aromatic heterocycles. The number of hydrogen-bond donors (Lipinski definition) is 0. The lowest BCUT2D eigenvalue weighted by atomic mass is 9.99. The first-order valence-electron chi connectivity index (χ1n) is 7.92. The lowest BCUT2D eigenvalue weighted by Crippen LogP contribution is -2.35. The molecule has 0 N–H and O–H groups in total. The highest BCUT2D eigenvalue weighted by Crippen LogP contribution is 2.22. The van der Waals surface area contributed by atoms with Crippen LogP contribution in [0.25, 0.3) is 11.0 Å². The van der Waals surface area contributed by atoms with Crippen molar-refractivity contribution in [2.75, 3.05) is 6.54 Å². The van der Waals surface area contributed by atoms with Gasteiger partial charge in [-0.15, -0.1) is 0 Å². The van der Waals surface area contributed by atoms with Crippen molar-refractivity contribution in [3.8, 4) is 0 Å². The van der Waals surface area contributed by atoms with Gasteiger partial charge in [0, 0.05) is 25.7 Å². The fourth-order valence-corrected chi connectivity index (χ4v) is 3.30. The second kappa shape index (κ2) is 5.23. The van der Waals surface area contributed by atoms with E-state index in [0.717, 1.165) is 35.4 Å². The maximum Gasteiger partial charge on any atom is 0.254 e. The van der Waals surface area contributed by atoms with Crippen molar-refractivity contribution in [2.24, 2.45) is 7.05 Å². The zero-order chi connectivity index (χ0) is 16.0. The monoisotopic (exact) mass is 305 g/mol. The smallest absolute Gasteiger partial charge is 0.254 e. The van der Waals surface area contributed by atoms with E-state index >= 15 is 0 Å². The molecule has 4 nitrogen and oxygen atoms in total. The molecule has 23 heavy (non-hydrogen) atoms. The van der Waals surface area contributed by atoms with Gasteiger partial charge < -0.3 is 9.47 Å². The highest BCUT2D eigenvalue weighted by atomic mass is 16.2. The molecule has 1 aliphatic rings. The predicted octanol–water partition coefficient (Wildman–Crippen LogP) is 3.08. The fourth-order valence-electron chi connectivity index (χ4n) is 3.30. The van der Waals surface area contributed by atoms with Crippen molar-refractivity contribution in [1.82, 2.24) is 14.5 Å². The van der Waals surface area contributed by atoms with Crippen LogP contribution in [0.1, 0.15) is 27.3 Å². The first-order valence-corrected chi connectivity index (χ1v) is 7.92. The molecule has 0 saturated carbocycles. The number of fused-ring (bicyclic) bond motifs is 2. The van der Waals surface area contributed by atoms with Gasteiger partial charge in [-0.2, -0.15) is 0 Å². The van der Waals surface area contributed by atoms with E-state index < -0.39 is 0 Å². The largest absolute Gasteiger partial charge is 0.334 e. The summed E-state index contributed by atoms with van der Waals surface area (Å²) in [5.74, 6) is 1.04. The van der Waals surface area contributed by atoms with Crippen LogP contribution in [0.15, 0.2) is 42.5 Å². The van der Waals surface area contributed by atoms with Crippen molar-refractivity contribution in [3.63, 3.8) is 0 Å². The Balaban J connectivity index is 1.65. The van der Waals surface area contributed by atoms with Crippen molar-refractivity contribution in [1.29, 1.82) is 0 Å². The van der Waals surface area contributed by atoms with Crippen molar-refractivity contribution < 1.29 is 4.79 Å². The number of carbonyl (C=O) groups is 1. The van der Waals surface area contributed by atoms with Crippen LogP contribution < -0.4 is 0 Å². The summed E-state index contributed by atoms with van der Waals surface area (Å²) in [7, 11) is 1.99. The van der Waals surface area contributed by atoms with Gasteiger partial charge in [0.25, 0.3) is 5.91 Å². The van der Waals surface area contributed by atoms with Crippen LogP contribution in [-0.4, -0.2) is 26.9 Å². The van der Waals surface area contributed by atoms with Crippen LogP contribution >= 0.6 is 0 Å². The van der Waals surface area contributed by atoms with E-state index in [-0.39, 0.29) is 5.91 Å². The second-order valence-electron chi connectivity index (χ2n) is 6.17. The summed E-state index contributed by atoms with van der Waals surface area (Å²) in [5.41, 5.74) is 5.26. The number of rotatable bonds is 1. The lowest BCUT2D eigenvalue weighted by molar-refractivity contribution is 0.0735. The van der Waals surface area contributed by atoms with Gasteiger partial charge in [-0.3, -0.25) is 4.79 Å². The standard InChI is InChI=1S/C19H19N3O/c1-13-20-17-11-15(7-8-18(17)21(13)2)19(23)22-10-9-14-5-3-4-6-16(14)12-22/h3-8,11H,9-10,12H2,1-2H3. The molecule has 0 spiro atoms. The average molecular weight is 305 g/mol. The Morgan fingerprint density at radius 1 is 1.13 bits per heavy atom. The van der Waals surface area contributed by atoms with Gasteiger partial charge in [0.2, 0.25) is 0 Å². The Labute approximate surface area is 135 Å². The second-order valence-corrected chi connectivity index (χ2v) is 6.17. The number of imidazole rings is 1. The molecule has 0 aliphatic carbocycles. The van der Waals surface area contributed by atoms with Crippen LogP contribution in [0, 0.1) is 6.92 Å². The van der Waals surface area contributed by atoms with E-state index in [0.29, 0.717) is 6.54 Å². The molecule has 0 bridgehead atoms. The van der Waals surface area contributed by atoms with Gasteiger partial charge >= 0.3 is 0 Å². The molecule has 2 heterocycles. The molecule has 4 heteroatoms. The minimum atomic E-state index is 0.0877. The van der Waals surface area contributed by atoms with Crippen molar-refractivity contribution >= 4 is 16.9 Å². The Hall–Kier alpha value is -2.62. The SMILES string of the molecule is Cc1nc2cc(C(=O)N3CCc4ccccc4C3)ccc2n1C. The quantitative estimate of drug-likeness (QED) is 0.693. The third-order valence-corrected chi connectivity index (χ3v) is 4.77.